The molecule has 6 heteroatoms. The molecule has 0 saturated carbocycles. The number of carbonyl (C=O) groups excluding carboxylic acids is 2. The molecule has 170 valence electrons. The Morgan fingerprint density at radius 1 is 0.700 bits per heavy atom. The number of rotatable bonds is 12. The van der Waals surface area contributed by atoms with Crippen LogP contribution in [0.3, 0.4) is 0 Å². The molecule has 30 heavy (non-hydrogen) atoms. The Hall–Kier alpha value is -1.98. The molecule has 0 aromatic carbocycles. The zero-order chi connectivity index (χ0) is 22.2. The van der Waals surface area contributed by atoms with Crippen LogP contribution in [0.1, 0.15) is 105 Å². The predicted molar refractivity (Wildman–Crippen MR) is 114 cm³/mol. The zero-order valence-corrected chi connectivity index (χ0v) is 19.3. The molecule has 2 heterocycles. The molecule has 0 atom stereocenters. The van der Waals surface area contributed by atoms with Crippen LogP contribution < -0.4 is 0 Å². The number of esters is 2. The van der Waals surface area contributed by atoms with Gasteiger partial charge in [0.2, 0.25) is 11.6 Å². The van der Waals surface area contributed by atoms with E-state index in [1.807, 2.05) is 6.92 Å². The number of cyclic esters (lactones) is 2. The zero-order valence-electron chi connectivity index (χ0n) is 19.3. The first kappa shape index (κ1) is 24.3. The van der Waals surface area contributed by atoms with Gasteiger partial charge in [0.25, 0.3) is 0 Å². The summed E-state index contributed by atoms with van der Waals surface area (Å²) in [5.74, 6) is -0.746. The lowest BCUT2D eigenvalue weighted by molar-refractivity contribution is -0.209. The van der Waals surface area contributed by atoms with E-state index in [1.165, 1.54) is 31.8 Å². The van der Waals surface area contributed by atoms with Crippen LogP contribution in [-0.2, 0) is 28.5 Å². The summed E-state index contributed by atoms with van der Waals surface area (Å²) < 4.78 is 21.9. The van der Waals surface area contributed by atoms with E-state index in [2.05, 4.69) is 0 Å². The Bertz CT molecular complexity index is 671. The SMILES string of the molecule is CCC1=C(CCCCCCCCCCC2=CC(=O)OC(C)(C)O2)C(=O)OC(C)(C)O1. The van der Waals surface area contributed by atoms with Crippen LogP contribution in [0, 0.1) is 0 Å². The van der Waals surface area contributed by atoms with Gasteiger partial charge in [-0.3, -0.25) is 0 Å². The first-order valence-corrected chi connectivity index (χ1v) is 11.4. The van der Waals surface area contributed by atoms with E-state index in [9.17, 15) is 9.59 Å². The van der Waals surface area contributed by atoms with E-state index >= 15 is 0 Å². The van der Waals surface area contributed by atoms with Crippen LogP contribution in [0.2, 0.25) is 0 Å². The van der Waals surface area contributed by atoms with Gasteiger partial charge in [0, 0.05) is 40.5 Å². The number of hydrogen-bond acceptors (Lipinski definition) is 6. The smallest absolute Gasteiger partial charge is 0.340 e. The van der Waals surface area contributed by atoms with Crippen molar-refractivity contribution in [3.05, 3.63) is 23.2 Å². The third-order valence-electron chi connectivity index (χ3n) is 5.21. The third kappa shape index (κ3) is 8.04. The fourth-order valence-electron chi connectivity index (χ4n) is 3.86. The Labute approximate surface area is 181 Å². The van der Waals surface area contributed by atoms with Crippen molar-refractivity contribution >= 4 is 11.9 Å². The molecule has 0 aromatic rings. The molecule has 0 aliphatic carbocycles. The predicted octanol–water partition coefficient (Wildman–Crippen LogP) is 6.05. The fourth-order valence-corrected chi connectivity index (χ4v) is 3.86. The van der Waals surface area contributed by atoms with Gasteiger partial charge in [0.1, 0.15) is 11.5 Å². The first-order chi connectivity index (χ1) is 14.1. The van der Waals surface area contributed by atoms with Crippen molar-refractivity contribution in [1.29, 1.82) is 0 Å². The Balaban J connectivity index is 1.53. The lowest BCUT2D eigenvalue weighted by Crippen LogP contribution is -2.36. The minimum absolute atomic E-state index is 0.225. The first-order valence-electron chi connectivity index (χ1n) is 11.4. The minimum Gasteiger partial charge on any atom is -0.457 e. The highest BCUT2D eigenvalue weighted by atomic mass is 16.7. The van der Waals surface area contributed by atoms with E-state index in [0.717, 1.165) is 50.0 Å². The number of unbranched alkanes of at least 4 members (excludes halogenated alkanes) is 7. The van der Waals surface area contributed by atoms with E-state index < -0.39 is 11.6 Å². The van der Waals surface area contributed by atoms with Gasteiger partial charge < -0.3 is 18.9 Å². The minimum atomic E-state index is -0.856. The molecule has 0 N–H and O–H groups in total. The van der Waals surface area contributed by atoms with E-state index in [4.69, 9.17) is 18.9 Å². The summed E-state index contributed by atoms with van der Waals surface area (Å²) in [6.07, 6.45) is 12.7. The second-order valence-electron chi connectivity index (χ2n) is 9.01. The molecular formula is C24H38O6. The lowest BCUT2D eigenvalue weighted by atomic mass is 10.0. The van der Waals surface area contributed by atoms with Crippen molar-refractivity contribution in [3.63, 3.8) is 0 Å². The molecule has 2 rings (SSSR count). The molecule has 6 nitrogen and oxygen atoms in total. The average Bonchev–Trinajstić information content (AvgIpc) is 2.62. The maximum atomic E-state index is 12.2. The van der Waals surface area contributed by atoms with Crippen LogP contribution in [-0.4, -0.2) is 23.5 Å². The van der Waals surface area contributed by atoms with Crippen molar-refractivity contribution in [2.75, 3.05) is 0 Å². The van der Waals surface area contributed by atoms with Crippen molar-refractivity contribution in [1.82, 2.24) is 0 Å². The number of allylic oxidation sites excluding steroid dienone is 2. The summed E-state index contributed by atoms with van der Waals surface area (Å²) in [7, 11) is 0. The van der Waals surface area contributed by atoms with Gasteiger partial charge in [0.05, 0.1) is 11.6 Å². The molecule has 0 spiro atoms. The topological polar surface area (TPSA) is 71.1 Å². The summed E-state index contributed by atoms with van der Waals surface area (Å²) >= 11 is 0. The van der Waals surface area contributed by atoms with Crippen molar-refractivity contribution in [2.45, 2.75) is 117 Å². The van der Waals surface area contributed by atoms with Crippen LogP contribution >= 0.6 is 0 Å². The van der Waals surface area contributed by atoms with Crippen LogP contribution in [0.15, 0.2) is 23.2 Å². The molecule has 0 bridgehead atoms. The highest BCUT2D eigenvalue weighted by molar-refractivity contribution is 5.89. The van der Waals surface area contributed by atoms with Gasteiger partial charge in [0.15, 0.2) is 0 Å². The van der Waals surface area contributed by atoms with Crippen molar-refractivity contribution in [2.24, 2.45) is 0 Å². The van der Waals surface area contributed by atoms with Gasteiger partial charge in [-0.1, -0.05) is 45.4 Å². The molecule has 0 amide bonds. The fraction of sp³-hybridized carbons (Fsp3) is 0.750. The molecule has 2 aliphatic rings. The maximum absolute atomic E-state index is 12.2. The monoisotopic (exact) mass is 422 g/mol. The Morgan fingerprint density at radius 3 is 1.80 bits per heavy atom. The largest absolute Gasteiger partial charge is 0.457 e. The van der Waals surface area contributed by atoms with E-state index in [1.54, 1.807) is 27.7 Å². The lowest BCUT2D eigenvalue weighted by Gasteiger charge is -2.33. The highest BCUT2D eigenvalue weighted by Crippen LogP contribution is 2.31. The van der Waals surface area contributed by atoms with Gasteiger partial charge in [-0.15, -0.1) is 0 Å². The van der Waals surface area contributed by atoms with Crippen LogP contribution in [0.5, 0.6) is 0 Å². The summed E-state index contributed by atoms with van der Waals surface area (Å²) in [5.41, 5.74) is 0.711. The number of hydrogen-bond donors (Lipinski definition) is 0. The number of carbonyl (C=O) groups is 2. The summed E-state index contributed by atoms with van der Waals surface area (Å²) in [4.78, 5) is 23.7. The molecule has 0 radical (unpaired) electrons. The summed E-state index contributed by atoms with van der Waals surface area (Å²) in [6.45, 7) is 9.05. The van der Waals surface area contributed by atoms with Crippen LogP contribution in [0.4, 0.5) is 0 Å². The van der Waals surface area contributed by atoms with Crippen molar-refractivity contribution in [3.8, 4) is 0 Å². The van der Waals surface area contributed by atoms with E-state index in [-0.39, 0.29) is 11.9 Å². The standard InChI is InChI=1S/C24H38O6/c1-6-20-19(22(26)30-24(4,5)28-20)16-14-12-10-8-7-9-11-13-15-18-17-21(25)29-23(2,3)27-18/h17H,6-16H2,1-5H3. The molecule has 0 saturated heterocycles. The van der Waals surface area contributed by atoms with Gasteiger partial charge in [-0.25, -0.2) is 9.59 Å². The number of ether oxygens (including phenoxy) is 4. The van der Waals surface area contributed by atoms with Crippen molar-refractivity contribution < 1.29 is 28.5 Å². The summed E-state index contributed by atoms with van der Waals surface area (Å²) in [5, 5.41) is 0. The maximum Gasteiger partial charge on any atom is 0.340 e. The van der Waals surface area contributed by atoms with Gasteiger partial charge >= 0.3 is 11.9 Å². The quantitative estimate of drug-likeness (QED) is 0.281. The Kier molecular flexibility index (Phi) is 8.80. The molecule has 0 unspecified atom stereocenters. The average molecular weight is 423 g/mol. The third-order valence-corrected chi connectivity index (χ3v) is 5.21. The molecule has 0 aromatic heterocycles. The van der Waals surface area contributed by atoms with Gasteiger partial charge in [-0.05, 0) is 19.3 Å². The summed E-state index contributed by atoms with van der Waals surface area (Å²) in [6, 6.07) is 0. The Morgan fingerprint density at radius 2 is 1.23 bits per heavy atom. The second-order valence-corrected chi connectivity index (χ2v) is 9.01. The highest BCUT2D eigenvalue weighted by Gasteiger charge is 2.34. The van der Waals surface area contributed by atoms with Crippen LogP contribution in [0.25, 0.3) is 0 Å². The second kappa shape index (κ2) is 10.9. The normalized spacial score (nSPS) is 20.1. The molecule has 0 fully saturated rings. The molecular weight excluding hydrogens is 384 g/mol. The van der Waals surface area contributed by atoms with E-state index in [0.29, 0.717) is 12.0 Å². The molecule has 2 aliphatic heterocycles. The van der Waals surface area contributed by atoms with Gasteiger partial charge in [-0.2, -0.15) is 0 Å².